The highest BCUT2D eigenvalue weighted by molar-refractivity contribution is 7.89. The molecule has 1 aliphatic heterocycles. The first-order chi connectivity index (χ1) is 14.0. The van der Waals surface area contributed by atoms with Crippen LogP contribution in [0.2, 0.25) is 0 Å². The molecule has 1 atom stereocenters. The van der Waals surface area contributed by atoms with Crippen LogP contribution in [0.15, 0.2) is 53.4 Å². The first-order valence-corrected chi connectivity index (χ1v) is 11.4. The zero-order valence-electron chi connectivity index (χ0n) is 16.7. The summed E-state index contributed by atoms with van der Waals surface area (Å²) in [5, 5.41) is 9.13. The fraction of sp³-hybridized carbons (Fsp3) is 0.409. The molecule has 0 aliphatic carbocycles. The van der Waals surface area contributed by atoms with E-state index in [1.807, 2.05) is 19.1 Å². The van der Waals surface area contributed by atoms with Crippen LogP contribution in [0.1, 0.15) is 24.0 Å². The first-order valence-electron chi connectivity index (χ1n) is 9.88. The summed E-state index contributed by atoms with van der Waals surface area (Å²) in [5.41, 5.74) is 1.57. The molecule has 1 fully saturated rings. The lowest BCUT2D eigenvalue weighted by atomic mass is 9.98. The molecular weight excluding hydrogens is 386 g/mol. The minimum atomic E-state index is -3.48. The second kappa shape index (κ2) is 9.88. The number of ether oxygens (including phenoxy) is 1. The Morgan fingerprint density at radius 3 is 2.72 bits per heavy atom. The molecule has 2 aromatic carbocycles. The van der Waals surface area contributed by atoms with Crippen LogP contribution >= 0.6 is 0 Å². The molecule has 0 spiro atoms. The molecule has 7 heteroatoms. The van der Waals surface area contributed by atoms with E-state index in [2.05, 4.69) is 15.7 Å². The smallest absolute Gasteiger partial charge is 0.240 e. The Labute approximate surface area is 173 Å². The quantitative estimate of drug-likeness (QED) is 0.719. The van der Waals surface area contributed by atoms with Crippen LogP contribution in [-0.4, -0.2) is 46.1 Å². The highest BCUT2D eigenvalue weighted by atomic mass is 32.2. The Morgan fingerprint density at radius 1 is 1.21 bits per heavy atom. The highest BCUT2D eigenvalue weighted by Gasteiger charge is 2.22. The molecule has 154 valence electrons. The van der Waals surface area contributed by atoms with Gasteiger partial charge in [0.2, 0.25) is 10.0 Å². The summed E-state index contributed by atoms with van der Waals surface area (Å²) in [6.07, 6.45) is 2.04. The summed E-state index contributed by atoms with van der Waals surface area (Å²) in [6, 6.07) is 16.2. The van der Waals surface area contributed by atoms with Crippen molar-refractivity contribution in [1.82, 2.24) is 9.62 Å². The number of sulfonamides is 1. The van der Waals surface area contributed by atoms with Crippen molar-refractivity contribution in [3.05, 3.63) is 59.7 Å². The van der Waals surface area contributed by atoms with E-state index in [0.29, 0.717) is 29.4 Å². The second-order valence-electron chi connectivity index (χ2n) is 7.43. The lowest BCUT2D eigenvalue weighted by Gasteiger charge is -2.32. The van der Waals surface area contributed by atoms with Gasteiger partial charge in [0.1, 0.15) is 18.4 Å². The Bertz CT molecular complexity index is 952. The maximum atomic E-state index is 12.5. The fourth-order valence-electron chi connectivity index (χ4n) is 3.52. The van der Waals surface area contributed by atoms with Crippen LogP contribution in [-0.2, 0) is 10.0 Å². The molecule has 1 N–H and O–H groups in total. The van der Waals surface area contributed by atoms with E-state index in [1.54, 1.807) is 36.4 Å². The standard InChI is InChI=1S/C22H27N3O3S/c1-18-8-10-21(11-9-18)29(26,27)24-16-19-5-4-12-25(17-19)13-14-28-22-7-3-2-6-20(22)15-23/h2-3,6-11,19,24H,4-5,12-14,16-17H2,1H3. The summed E-state index contributed by atoms with van der Waals surface area (Å²) in [6.45, 7) is 5.43. The summed E-state index contributed by atoms with van der Waals surface area (Å²) >= 11 is 0. The van der Waals surface area contributed by atoms with E-state index >= 15 is 0 Å². The molecule has 3 rings (SSSR count). The monoisotopic (exact) mass is 413 g/mol. The van der Waals surface area contributed by atoms with E-state index in [9.17, 15) is 8.42 Å². The van der Waals surface area contributed by atoms with E-state index in [1.165, 1.54) is 0 Å². The largest absolute Gasteiger partial charge is 0.491 e. The van der Waals surface area contributed by atoms with Crippen molar-refractivity contribution >= 4 is 10.0 Å². The van der Waals surface area contributed by atoms with Crippen molar-refractivity contribution in [2.45, 2.75) is 24.7 Å². The van der Waals surface area contributed by atoms with Gasteiger partial charge in [-0.2, -0.15) is 5.26 Å². The molecule has 1 saturated heterocycles. The zero-order chi connectivity index (χ0) is 20.7. The number of nitriles is 1. The Balaban J connectivity index is 1.47. The maximum Gasteiger partial charge on any atom is 0.240 e. The van der Waals surface area contributed by atoms with Crippen molar-refractivity contribution in [1.29, 1.82) is 5.26 Å². The number of rotatable bonds is 8. The van der Waals surface area contributed by atoms with Crippen LogP contribution in [0.25, 0.3) is 0 Å². The van der Waals surface area contributed by atoms with Gasteiger partial charge in [0, 0.05) is 19.6 Å². The third kappa shape index (κ3) is 6.04. The number of benzene rings is 2. The fourth-order valence-corrected chi connectivity index (χ4v) is 4.64. The van der Waals surface area contributed by atoms with Gasteiger partial charge in [-0.1, -0.05) is 29.8 Å². The molecule has 0 saturated carbocycles. The number of piperidine rings is 1. The first kappa shape index (κ1) is 21.3. The summed E-state index contributed by atoms with van der Waals surface area (Å²) in [4.78, 5) is 2.60. The molecule has 0 radical (unpaired) electrons. The minimum absolute atomic E-state index is 0.273. The third-order valence-electron chi connectivity index (χ3n) is 5.17. The molecule has 0 bridgehead atoms. The Kier molecular flexibility index (Phi) is 7.26. The van der Waals surface area contributed by atoms with Gasteiger partial charge < -0.3 is 4.74 Å². The molecule has 0 aromatic heterocycles. The van der Waals surface area contributed by atoms with Crippen LogP contribution in [0.5, 0.6) is 5.75 Å². The maximum absolute atomic E-state index is 12.5. The van der Waals surface area contributed by atoms with E-state index in [-0.39, 0.29) is 5.92 Å². The molecule has 29 heavy (non-hydrogen) atoms. The SMILES string of the molecule is Cc1ccc(S(=O)(=O)NCC2CCCN(CCOc3ccccc3C#N)C2)cc1. The van der Waals surface area contributed by atoms with E-state index in [4.69, 9.17) is 10.00 Å². The predicted octanol–water partition coefficient (Wildman–Crippen LogP) is 2.94. The van der Waals surface area contributed by atoms with Crippen LogP contribution < -0.4 is 9.46 Å². The Hall–Kier alpha value is -2.40. The van der Waals surface area contributed by atoms with Crippen molar-refractivity contribution in [2.24, 2.45) is 5.92 Å². The van der Waals surface area contributed by atoms with Gasteiger partial charge in [-0.25, -0.2) is 13.1 Å². The molecule has 6 nitrogen and oxygen atoms in total. The predicted molar refractivity (Wildman–Crippen MR) is 112 cm³/mol. The third-order valence-corrected chi connectivity index (χ3v) is 6.61. The van der Waals surface area contributed by atoms with E-state index < -0.39 is 10.0 Å². The number of nitrogens with zero attached hydrogens (tertiary/aromatic N) is 2. The van der Waals surface area contributed by atoms with Crippen molar-refractivity contribution < 1.29 is 13.2 Å². The van der Waals surface area contributed by atoms with E-state index in [0.717, 1.165) is 38.0 Å². The molecule has 0 amide bonds. The van der Waals surface area contributed by atoms with Gasteiger partial charge in [-0.05, 0) is 56.5 Å². The number of para-hydroxylation sites is 1. The summed E-state index contributed by atoms with van der Waals surface area (Å²) in [7, 11) is -3.48. The summed E-state index contributed by atoms with van der Waals surface area (Å²) in [5.74, 6) is 0.879. The minimum Gasteiger partial charge on any atom is -0.491 e. The number of nitrogens with one attached hydrogen (secondary N) is 1. The number of aryl methyl sites for hydroxylation is 1. The lowest BCUT2D eigenvalue weighted by molar-refractivity contribution is 0.148. The normalized spacial score (nSPS) is 17.6. The van der Waals surface area contributed by atoms with Gasteiger partial charge in [0.05, 0.1) is 10.5 Å². The second-order valence-corrected chi connectivity index (χ2v) is 9.20. The van der Waals surface area contributed by atoms with Crippen LogP contribution in [0.3, 0.4) is 0 Å². The van der Waals surface area contributed by atoms with Crippen molar-refractivity contribution in [3.63, 3.8) is 0 Å². The van der Waals surface area contributed by atoms with Crippen molar-refractivity contribution in [3.8, 4) is 11.8 Å². The molecule has 1 aliphatic rings. The van der Waals surface area contributed by atoms with Crippen molar-refractivity contribution in [2.75, 3.05) is 32.8 Å². The van der Waals surface area contributed by atoms with Crippen LogP contribution in [0, 0.1) is 24.2 Å². The number of hydrogen-bond donors (Lipinski definition) is 1. The van der Waals surface area contributed by atoms with Gasteiger partial charge in [-0.3, -0.25) is 4.90 Å². The number of likely N-dealkylation sites (tertiary alicyclic amines) is 1. The van der Waals surface area contributed by atoms with Gasteiger partial charge in [-0.15, -0.1) is 0 Å². The molecule has 1 heterocycles. The zero-order valence-corrected chi connectivity index (χ0v) is 17.5. The summed E-state index contributed by atoms with van der Waals surface area (Å²) < 4.78 is 33.5. The molecule has 1 unspecified atom stereocenters. The van der Waals surface area contributed by atoms with Gasteiger partial charge in [0.15, 0.2) is 0 Å². The average Bonchev–Trinajstić information content (AvgIpc) is 2.73. The number of hydrogen-bond acceptors (Lipinski definition) is 5. The Morgan fingerprint density at radius 2 is 1.97 bits per heavy atom. The molecular formula is C22H27N3O3S. The lowest BCUT2D eigenvalue weighted by Crippen LogP contribution is -2.42. The average molecular weight is 414 g/mol. The van der Waals surface area contributed by atoms with Gasteiger partial charge in [0.25, 0.3) is 0 Å². The molecule has 2 aromatic rings. The van der Waals surface area contributed by atoms with Crippen LogP contribution in [0.4, 0.5) is 0 Å². The topological polar surface area (TPSA) is 82.4 Å². The van der Waals surface area contributed by atoms with Gasteiger partial charge >= 0.3 is 0 Å². The highest BCUT2D eigenvalue weighted by Crippen LogP contribution is 2.19.